The first-order chi connectivity index (χ1) is 9.21. The minimum absolute atomic E-state index is 0.108. The highest BCUT2D eigenvalue weighted by Gasteiger charge is 2.43. The van der Waals surface area contributed by atoms with Gasteiger partial charge in [0, 0.05) is 25.0 Å². The fourth-order valence-electron chi connectivity index (χ4n) is 3.16. The quantitative estimate of drug-likeness (QED) is 0.852. The third-order valence-corrected chi connectivity index (χ3v) is 5.05. The van der Waals surface area contributed by atoms with E-state index in [1.807, 2.05) is 21.7 Å². The lowest BCUT2D eigenvalue weighted by Gasteiger charge is -2.24. The highest BCUT2D eigenvalue weighted by atomic mass is 32.1. The standard InChI is InChI=1S/C14H18N2O2S/c17-12(11-2-9-19-10-11)16-7-1-3-14(5-8-16)4-6-15-13(14)18/h2,9-10H,1,3-8H2,(H,15,18). The van der Waals surface area contributed by atoms with Crippen LogP contribution in [0, 0.1) is 5.41 Å². The van der Waals surface area contributed by atoms with E-state index >= 15 is 0 Å². The first-order valence-corrected chi connectivity index (χ1v) is 7.75. The zero-order valence-electron chi connectivity index (χ0n) is 10.9. The van der Waals surface area contributed by atoms with E-state index in [9.17, 15) is 9.59 Å². The molecule has 0 radical (unpaired) electrons. The summed E-state index contributed by atoms with van der Waals surface area (Å²) in [6.07, 6.45) is 3.55. The Bertz CT molecular complexity index is 486. The summed E-state index contributed by atoms with van der Waals surface area (Å²) in [6, 6.07) is 1.87. The Morgan fingerprint density at radius 1 is 1.32 bits per heavy atom. The van der Waals surface area contributed by atoms with Crippen LogP contribution in [-0.4, -0.2) is 36.3 Å². The molecule has 0 bridgehead atoms. The lowest BCUT2D eigenvalue weighted by molar-refractivity contribution is -0.128. The van der Waals surface area contributed by atoms with Crippen molar-refractivity contribution in [2.75, 3.05) is 19.6 Å². The summed E-state index contributed by atoms with van der Waals surface area (Å²) >= 11 is 1.54. The molecule has 1 aromatic rings. The van der Waals surface area contributed by atoms with Crippen LogP contribution in [0.25, 0.3) is 0 Å². The molecule has 3 rings (SSSR count). The van der Waals surface area contributed by atoms with Crippen molar-refractivity contribution in [3.8, 4) is 0 Å². The second kappa shape index (κ2) is 4.96. The molecule has 1 aromatic heterocycles. The Labute approximate surface area is 116 Å². The third kappa shape index (κ3) is 2.27. The molecule has 2 amide bonds. The monoisotopic (exact) mass is 278 g/mol. The number of nitrogens with zero attached hydrogens (tertiary/aromatic N) is 1. The minimum atomic E-state index is -0.205. The van der Waals surface area contributed by atoms with Crippen molar-refractivity contribution >= 4 is 23.2 Å². The molecule has 102 valence electrons. The van der Waals surface area contributed by atoms with Crippen LogP contribution in [0.4, 0.5) is 0 Å². The largest absolute Gasteiger partial charge is 0.356 e. The van der Waals surface area contributed by atoms with E-state index < -0.39 is 0 Å². The van der Waals surface area contributed by atoms with E-state index in [4.69, 9.17) is 0 Å². The summed E-state index contributed by atoms with van der Waals surface area (Å²) in [6.45, 7) is 2.25. The lowest BCUT2D eigenvalue weighted by Crippen LogP contribution is -2.35. The molecule has 0 saturated carbocycles. The summed E-state index contributed by atoms with van der Waals surface area (Å²) in [4.78, 5) is 26.2. The van der Waals surface area contributed by atoms with Gasteiger partial charge in [-0.2, -0.15) is 11.3 Å². The smallest absolute Gasteiger partial charge is 0.254 e. The molecule has 2 aliphatic heterocycles. The first-order valence-electron chi connectivity index (χ1n) is 6.81. The Morgan fingerprint density at radius 3 is 2.89 bits per heavy atom. The highest BCUT2D eigenvalue weighted by molar-refractivity contribution is 7.08. The molecule has 1 atom stereocenters. The molecule has 19 heavy (non-hydrogen) atoms. The van der Waals surface area contributed by atoms with Gasteiger partial charge >= 0.3 is 0 Å². The van der Waals surface area contributed by atoms with Crippen LogP contribution in [0.2, 0.25) is 0 Å². The van der Waals surface area contributed by atoms with Gasteiger partial charge in [0.1, 0.15) is 0 Å². The Hall–Kier alpha value is -1.36. The van der Waals surface area contributed by atoms with Gasteiger partial charge in [0.05, 0.1) is 11.0 Å². The molecule has 2 saturated heterocycles. The molecule has 1 unspecified atom stereocenters. The zero-order chi connectivity index (χ0) is 13.3. The van der Waals surface area contributed by atoms with Crippen LogP contribution < -0.4 is 5.32 Å². The van der Waals surface area contributed by atoms with Gasteiger partial charge in [-0.05, 0) is 37.1 Å². The fourth-order valence-corrected chi connectivity index (χ4v) is 3.79. The van der Waals surface area contributed by atoms with Gasteiger partial charge < -0.3 is 10.2 Å². The van der Waals surface area contributed by atoms with E-state index in [2.05, 4.69) is 5.32 Å². The topological polar surface area (TPSA) is 49.4 Å². The Kier molecular flexibility index (Phi) is 3.31. The highest BCUT2D eigenvalue weighted by Crippen LogP contribution is 2.38. The third-order valence-electron chi connectivity index (χ3n) is 4.37. The van der Waals surface area contributed by atoms with Gasteiger partial charge in [0.2, 0.25) is 5.91 Å². The van der Waals surface area contributed by atoms with Gasteiger partial charge in [-0.15, -0.1) is 0 Å². The summed E-state index contributed by atoms with van der Waals surface area (Å²) < 4.78 is 0. The summed E-state index contributed by atoms with van der Waals surface area (Å²) in [5.74, 6) is 0.300. The second-order valence-corrected chi connectivity index (χ2v) is 6.22. The van der Waals surface area contributed by atoms with Crippen LogP contribution in [0.1, 0.15) is 36.0 Å². The zero-order valence-corrected chi connectivity index (χ0v) is 11.7. The second-order valence-electron chi connectivity index (χ2n) is 5.44. The maximum Gasteiger partial charge on any atom is 0.254 e. The van der Waals surface area contributed by atoms with Gasteiger partial charge in [-0.3, -0.25) is 9.59 Å². The van der Waals surface area contributed by atoms with Crippen molar-refractivity contribution in [2.24, 2.45) is 5.41 Å². The van der Waals surface area contributed by atoms with E-state index in [1.54, 1.807) is 11.3 Å². The molecule has 3 heterocycles. The fraction of sp³-hybridized carbons (Fsp3) is 0.571. The van der Waals surface area contributed by atoms with Gasteiger partial charge in [-0.1, -0.05) is 0 Å². The van der Waals surface area contributed by atoms with Crippen LogP contribution >= 0.6 is 11.3 Å². The molecule has 2 aliphatic rings. The molecule has 5 heteroatoms. The van der Waals surface area contributed by atoms with E-state index in [-0.39, 0.29) is 17.2 Å². The molecule has 4 nitrogen and oxygen atoms in total. The number of hydrogen-bond donors (Lipinski definition) is 1. The number of carbonyl (C=O) groups excluding carboxylic acids is 2. The number of rotatable bonds is 1. The molecule has 1 N–H and O–H groups in total. The molecule has 0 aromatic carbocycles. The number of amides is 2. The SMILES string of the molecule is O=C(c1ccsc1)N1CCCC2(CCNC2=O)CC1. The molecule has 0 aliphatic carbocycles. The molecule has 2 fully saturated rings. The number of likely N-dealkylation sites (tertiary alicyclic amines) is 1. The predicted molar refractivity (Wildman–Crippen MR) is 74.1 cm³/mol. The predicted octanol–water partition coefficient (Wildman–Crippen LogP) is 1.88. The van der Waals surface area contributed by atoms with E-state index in [1.165, 1.54) is 0 Å². The Morgan fingerprint density at radius 2 is 2.21 bits per heavy atom. The average Bonchev–Trinajstić information content (AvgIpc) is 2.98. The van der Waals surface area contributed by atoms with Crippen LogP contribution in [0.3, 0.4) is 0 Å². The van der Waals surface area contributed by atoms with Gasteiger partial charge in [0.25, 0.3) is 5.91 Å². The van der Waals surface area contributed by atoms with Crippen molar-refractivity contribution in [1.82, 2.24) is 10.2 Å². The van der Waals surface area contributed by atoms with Gasteiger partial charge in [-0.25, -0.2) is 0 Å². The van der Waals surface area contributed by atoms with E-state index in [0.717, 1.165) is 44.3 Å². The number of hydrogen-bond acceptors (Lipinski definition) is 3. The van der Waals surface area contributed by atoms with Crippen molar-refractivity contribution in [1.29, 1.82) is 0 Å². The van der Waals surface area contributed by atoms with E-state index in [0.29, 0.717) is 6.54 Å². The lowest BCUT2D eigenvalue weighted by atomic mass is 9.79. The summed E-state index contributed by atoms with van der Waals surface area (Å²) in [5.41, 5.74) is 0.570. The maximum absolute atomic E-state index is 12.3. The number of thiophene rings is 1. The maximum atomic E-state index is 12.3. The number of carbonyl (C=O) groups is 2. The summed E-state index contributed by atoms with van der Waals surface area (Å²) in [7, 11) is 0. The van der Waals surface area contributed by atoms with Crippen LogP contribution in [0.15, 0.2) is 16.8 Å². The molecular weight excluding hydrogens is 260 g/mol. The average molecular weight is 278 g/mol. The van der Waals surface area contributed by atoms with Crippen molar-refractivity contribution in [3.05, 3.63) is 22.4 Å². The van der Waals surface area contributed by atoms with Crippen molar-refractivity contribution in [2.45, 2.75) is 25.7 Å². The normalized spacial score (nSPS) is 27.4. The van der Waals surface area contributed by atoms with Crippen LogP contribution in [0.5, 0.6) is 0 Å². The molecule has 1 spiro atoms. The minimum Gasteiger partial charge on any atom is -0.356 e. The summed E-state index contributed by atoms with van der Waals surface area (Å²) in [5, 5.41) is 6.76. The Balaban J connectivity index is 1.71. The first kappa shape index (κ1) is 12.7. The van der Waals surface area contributed by atoms with Crippen molar-refractivity contribution < 1.29 is 9.59 Å². The number of nitrogens with one attached hydrogen (secondary N) is 1. The van der Waals surface area contributed by atoms with Gasteiger partial charge in [0.15, 0.2) is 0 Å². The van der Waals surface area contributed by atoms with Crippen LogP contribution in [-0.2, 0) is 4.79 Å². The van der Waals surface area contributed by atoms with Crippen molar-refractivity contribution in [3.63, 3.8) is 0 Å². The molecular formula is C14H18N2O2S.